The van der Waals surface area contributed by atoms with Gasteiger partial charge in [0.1, 0.15) is 6.04 Å². The highest BCUT2D eigenvalue weighted by Crippen LogP contribution is 2.14. The van der Waals surface area contributed by atoms with E-state index in [0.29, 0.717) is 0 Å². The van der Waals surface area contributed by atoms with Crippen molar-refractivity contribution in [2.24, 2.45) is 0 Å². The maximum absolute atomic E-state index is 10.8. The van der Waals surface area contributed by atoms with Gasteiger partial charge in [0.15, 0.2) is 0 Å². The second-order valence-electron chi connectivity index (χ2n) is 2.94. The minimum atomic E-state index is -0.390. The molecule has 0 bridgehead atoms. The first-order valence-electron chi connectivity index (χ1n) is 4.32. The summed E-state index contributed by atoms with van der Waals surface area (Å²) < 4.78 is 1.72. The van der Waals surface area contributed by atoms with Crippen LogP contribution in [0.5, 0.6) is 0 Å². The van der Waals surface area contributed by atoms with Gasteiger partial charge in [-0.25, -0.2) is 4.98 Å². The van der Waals surface area contributed by atoms with Crippen LogP contribution >= 0.6 is 0 Å². The van der Waals surface area contributed by atoms with E-state index in [9.17, 15) is 4.79 Å². The van der Waals surface area contributed by atoms with Gasteiger partial charge in [-0.05, 0) is 5.56 Å². The van der Waals surface area contributed by atoms with Crippen molar-refractivity contribution in [1.29, 1.82) is 0 Å². The van der Waals surface area contributed by atoms with Crippen LogP contribution in [0.1, 0.15) is 11.6 Å². The monoisotopic (exact) mass is 185 g/mol. The molecule has 0 aliphatic heterocycles. The van der Waals surface area contributed by atoms with E-state index in [0.717, 1.165) is 5.56 Å². The van der Waals surface area contributed by atoms with Gasteiger partial charge in [-0.3, -0.25) is 4.79 Å². The molecule has 0 saturated carbocycles. The summed E-state index contributed by atoms with van der Waals surface area (Å²) in [5.74, 6) is 0. The zero-order valence-corrected chi connectivity index (χ0v) is 7.50. The molecule has 0 amide bonds. The molecule has 1 aromatic carbocycles. The average Bonchev–Trinajstić information content (AvgIpc) is 2.74. The first-order valence-corrected chi connectivity index (χ1v) is 4.32. The van der Waals surface area contributed by atoms with Crippen LogP contribution in [0.25, 0.3) is 0 Å². The van der Waals surface area contributed by atoms with E-state index in [1.165, 1.54) is 0 Å². The van der Waals surface area contributed by atoms with E-state index in [-0.39, 0.29) is 0 Å². The van der Waals surface area contributed by atoms with E-state index >= 15 is 0 Å². The minimum Gasteiger partial charge on any atom is -0.322 e. The van der Waals surface area contributed by atoms with E-state index in [1.807, 2.05) is 36.6 Å². The van der Waals surface area contributed by atoms with E-state index in [2.05, 4.69) is 4.98 Å². The van der Waals surface area contributed by atoms with Crippen LogP contribution in [0.2, 0.25) is 0 Å². The van der Waals surface area contributed by atoms with Crippen molar-refractivity contribution in [3.8, 4) is 0 Å². The molecule has 0 aliphatic rings. The van der Waals surface area contributed by atoms with Crippen LogP contribution in [-0.2, 0) is 4.79 Å². The molecule has 2 aromatic rings. The van der Waals surface area contributed by atoms with Crippen molar-refractivity contribution in [2.75, 3.05) is 0 Å². The molecule has 0 saturated heterocycles. The Balaban J connectivity index is 2.36. The van der Waals surface area contributed by atoms with Crippen molar-refractivity contribution < 1.29 is 4.79 Å². The highest BCUT2D eigenvalue weighted by Gasteiger charge is 2.11. The smallest absolute Gasteiger partial charge is 0.228 e. The van der Waals surface area contributed by atoms with Crippen LogP contribution in [0.4, 0.5) is 0 Å². The molecule has 3 heteroatoms. The fourth-order valence-corrected chi connectivity index (χ4v) is 1.36. The van der Waals surface area contributed by atoms with E-state index in [4.69, 9.17) is 0 Å². The number of nitrogens with zero attached hydrogens (tertiary/aromatic N) is 2. The zero-order chi connectivity index (χ0) is 9.80. The Morgan fingerprint density at radius 2 is 2.07 bits per heavy atom. The number of hydrogen-bond acceptors (Lipinski definition) is 2. The average molecular weight is 185 g/mol. The lowest BCUT2D eigenvalue weighted by Crippen LogP contribution is -2.09. The Kier molecular flexibility index (Phi) is 2.40. The third-order valence-corrected chi connectivity index (χ3v) is 2.05. The molecular formula is C11H9N2O. The molecule has 2 rings (SSSR count). The van der Waals surface area contributed by atoms with Crippen molar-refractivity contribution in [1.82, 2.24) is 9.55 Å². The standard InChI is InChI=1S/C11H9N2O/c14-8-11(13-7-6-12-9-13)10-4-2-1-3-5-10/h1-7,9,11H. The summed E-state index contributed by atoms with van der Waals surface area (Å²) in [6, 6.07) is 9.12. The molecule has 0 spiro atoms. The second-order valence-corrected chi connectivity index (χ2v) is 2.94. The molecule has 1 atom stereocenters. The highest BCUT2D eigenvalue weighted by molar-refractivity contribution is 5.62. The number of carbonyl (C=O) groups excluding carboxylic acids is 1. The topological polar surface area (TPSA) is 34.9 Å². The first kappa shape index (κ1) is 8.69. The van der Waals surface area contributed by atoms with Gasteiger partial charge in [-0.15, -0.1) is 0 Å². The summed E-state index contributed by atoms with van der Waals surface area (Å²) in [5.41, 5.74) is 0.917. The highest BCUT2D eigenvalue weighted by atomic mass is 16.1. The van der Waals surface area contributed by atoms with Gasteiger partial charge in [0.05, 0.1) is 6.33 Å². The Morgan fingerprint density at radius 1 is 1.29 bits per heavy atom. The van der Waals surface area contributed by atoms with Crippen molar-refractivity contribution in [2.45, 2.75) is 6.04 Å². The summed E-state index contributed by atoms with van der Waals surface area (Å²) in [4.78, 5) is 14.7. The molecule has 0 N–H and O–H groups in total. The number of benzene rings is 1. The third-order valence-electron chi connectivity index (χ3n) is 2.05. The van der Waals surface area contributed by atoms with Gasteiger partial charge in [0.2, 0.25) is 6.29 Å². The van der Waals surface area contributed by atoms with Crippen LogP contribution in [0, 0.1) is 0 Å². The van der Waals surface area contributed by atoms with Crippen LogP contribution in [-0.4, -0.2) is 15.8 Å². The fourth-order valence-electron chi connectivity index (χ4n) is 1.36. The SMILES string of the molecule is O=[C]C(c1ccccc1)n1ccnc1. The van der Waals surface area contributed by atoms with Gasteiger partial charge in [0, 0.05) is 12.4 Å². The molecular weight excluding hydrogens is 176 g/mol. The molecule has 1 heterocycles. The van der Waals surface area contributed by atoms with Crippen LogP contribution in [0.3, 0.4) is 0 Å². The maximum Gasteiger partial charge on any atom is 0.228 e. The lowest BCUT2D eigenvalue weighted by atomic mass is 10.1. The molecule has 0 aliphatic carbocycles. The van der Waals surface area contributed by atoms with Crippen molar-refractivity contribution in [3.05, 3.63) is 54.6 Å². The molecule has 69 valence electrons. The van der Waals surface area contributed by atoms with E-state index in [1.54, 1.807) is 23.3 Å². The Hall–Kier alpha value is -1.90. The quantitative estimate of drug-likeness (QED) is 0.727. The molecule has 1 unspecified atom stereocenters. The summed E-state index contributed by atoms with van der Waals surface area (Å²) in [6.07, 6.45) is 7.01. The van der Waals surface area contributed by atoms with Gasteiger partial charge in [-0.1, -0.05) is 30.3 Å². The summed E-state index contributed by atoms with van der Waals surface area (Å²) in [5, 5.41) is 0. The maximum atomic E-state index is 10.8. The summed E-state index contributed by atoms with van der Waals surface area (Å²) >= 11 is 0. The van der Waals surface area contributed by atoms with Crippen LogP contribution < -0.4 is 0 Å². The molecule has 14 heavy (non-hydrogen) atoms. The minimum absolute atomic E-state index is 0.390. The first-order chi connectivity index (χ1) is 6.92. The Morgan fingerprint density at radius 3 is 2.64 bits per heavy atom. The van der Waals surface area contributed by atoms with Gasteiger partial charge in [0.25, 0.3) is 0 Å². The predicted octanol–water partition coefficient (Wildman–Crippen LogP) is 1.58. The van der Waals surface area contributed by atoms with Gasteiger partial charge >= 0.3 is 0 Å². The van der Waals surface area contributed by atoms with Crippen molar-refractivity contribution in [3.63, 3.8) is 0 Å². The Labute approximate surface area is 82.0 Å². The molecule has 1 aromatic heterocycles. The predicted molar refractivity (Wildman–Crippen MR) is 52.5 cm³/mol. The zero-order valence-electron chi connectivity index (χ0n) is 7.50. The van der Waals surface area contributed by atoms with Crippen LogP contribution in [0.15, 0.2) is 49.1 Å². The molecule has 1 radical (unpaired) electrons. The van der Waals surface area contributed by atoms with Crippen molar-refractivity contribution >= 4 is 6.29 Å². The van der Waals surface area contributed by atoms with E-state index < -0.39 is 6.04 Å². The van der Waals surface area contributed by atoms with Gasteiger partial charge < -0.3 is 4.57 Å². The number of rotatable bonds is 3. The number of hydrogen-bond donors (Lipinski definition) is 0. The van der Waals surface area contributed by atoms with Gasteiger partial charge in [-0.2, -0.15) is 0 Å². The normalized spacial score (nSPS) is 12.3. The molecule has 0 fully saturated rings. The lowest BCUT2D eigenvalue weighted by Gasteiger charge is -2.10. The summed E-state index contributed by atoms with van der Waals surface area (Å²) in [6.45, 7) is 0. The largest absolute Gasteiger partial charge is 0.322 e. The molecule has 3 nitrogen and oxygen atoms in total. The lowest BCUT2D eigenvalue weighted by molar-refractivity contribution is 0.530. The fraction of sp³-hybridized carbons (Fsp3) is 0.0909. The Bertz CT molecular complexity index is 394. The third kappa shape index (κ3) is 1.57. The summed E-state index contributed by atoms with van der Waals surface area (Å²) in [7, 11) is 0. The number of imidazole rings is 1. The number of aromatic nitrogens is 2. The second kappa shape index (κ2) is 3.87.